The predicted octanol–water partition coefficient (Wildman–Crippen LogP) is 1.53. The summed E-state index contributed by atoms with van der Waals surface area (Å²) >= 11 is 0. The van der Waals surface area contributed by atoms with Crippen LogP contribution >= 0.6 is 0 Å². The van der Waals surface area contributed by atoms with Gasteiger partial charge in [0.2, 0.25) is 5.91 Å². The second kappa shape index (κ2) is 5.64. The maximum Gasteiger partial charge on any atom is 0.270 e. The summed E-state index contributed by atoms with van der Waals surface area (Å²) in [7, 11) is 0. The number of nitro groups is 1. The molecule has 7 nitrogen and oxygen atoms in total. The van der Waals surface area contributed by atoms with Crippen molar-refractivity contribution in [3.05, 3.63) is 33.9 Å². The van der Waals surface area contributed by atoms with E-state index in [0.717, 1.165) is 12.8 Å². The highest BCUT2D eigenvalue weighted by Gasteiger charge is 2.34. The molecule has 7 heteroatoms. The van der Waals surface area contributed by atoms with Gasteiger partial charge in [-0.3, -0.25) is 14.9 Å². The standard InChI is InChI=1S/C15H16N4O3/c16-10-12-9-13(19(21)22)3-4-14(12)17-5-7-18(8-6-17)15(20)11-1-2-11/h3-4,9,11H,1-2,5-8H2. The summed E-state index contributed by atoms with van der Waals surface area (Å²) in [5, 5.41) is 20.0. The molecule has 2 fully saturated rings. The number of benzene rings is 1. The first-order valence-electron chi connectivity index (χ1n) is 7.32. The smallest absolute Gasteiger partial charge is 0.270 e. The van der Waals surface area contributed by atoms with E-state index < -0.39 is 4.92 Å². The maximum absolute atomic E-state index is 12.0. The fourth-order valence-electron chi connectivity index (χ4n) is 2.76. The molecule has 1 heterocycles. The molecule has 1 aliphatic carbocycles. The van der Waals surface area contributed by atoms with Crippen molar-refractivity contribution in [2.45, 2.75) is 12.8 Å². The molecule has 1 amide bonds. The Bertz CT molecular complexity index is 655. The van der Waals surface area contributed by atoms with E-state index in [0.29, 0.717) is 37.4 Å². The van der Waals surface area contributed by atoms with Crippen molar-refractivity contribution in [3.8, 4) is 6.07 Å². The molecule has 0 atom stereocenters. The van der Waals surface area contributed by atoms with Crippen LogP contribution in [0.15, 0.2) is 18.2 Å². The largest absolute Gasteiger partial charge is 0.367 e. The molecule has 0 radical (unpaired) electrons. The molecule has 1 saturated heterocycles. The Kier molecular flexibility index (Phi) is 3.67. The van der Waals surface area contributed by atoms with Gasteiger partial charge in [-0.2, -0.15) is 5.26 Å². The van der Waals surface area contributed by atoms with Gasteiger partial charge in [0.25, 0.3) is 5.69 Å². The van der Waals surface area contributed by atoms with Crippen molar-refractivity contribution in [3.63, 3.8) is 0 Å². The van der Waals surface area contributed by atoms with Gasteiger partial charge in [-0.25, -0.2) is 0 Å². The number of anilines is 1. The van der Waals surface area contributed by atoms with Crippen LogP contribution in [0.1, 0.15) is 18.4 Å². The second-order valence-electron chi connectivity index (χ2n) is 5.66. The van der Waals surface area contributed by atoms with Crippen LogP contribution < -0.4 is 4.90 Å². The summed E-state index contributed by atoms with van der Waals surface area (Å²) in [6.45, 7) is 2.56. The number of hydrogen-bond acceptors (Lipinski definition) is 5. The van der Waals surface area contributed by atoms with Crippen LogP contribution in [0.2, 0.25) is 0 Å². The second-order valence-corrected chi connectivity index (χ2v) is 5.66. The zero-order valence-electron chi connectivity index (χ0n) is 12.1. The van der Waals surface area contributed by atoms with E-state index in [1.54, 1.807) is 6.07 Å². The van der Waals surface area contributed by atoms with Crippen LogP contribution in [0.25, 0.3) is 0 Å². The van der Waals surface area contributed by atoms with Crippen LogP contribution in [-0.2, 0) is 4.79 Å². The Balaban J connectivity index is 1.71. The average Bonchev–Trinajstić information content (AvgIpc) is 3.38. The Morgan fingerprint density at radius 3 is 2.50 bits per heavy atom. The van der Waals surface area contributed by atoms with Crippen molar-refractivity contribution in [1.82, 2.24) is 4.90 Å². The third-order valence-electron chi connectivity index (χ3n) is 4.17. The molecule has 0 bridgehead atoms. The van der Waals surface area contributed by atoms with E-state index in [1.165, 1.54) is 12.1 Å². The molecular formula is C15H16N4O3. The number of carbonyl (C=O) groups is 1. The van der Waals surface area contributed by atoms with E-state index in [1.807, 2.05) is 15.9 Å². The SMILES string of the molecule is N#Cc1cc([N+](=O)[O-])ccc1N1CCN(C(=O)C2CC2)CC1. The van der Waals surface area contributed by atoms with E-state index in [9.17, 15) is 20.2 Å². The van der Waals surface area contributed by atoms with Crippen LogP contribution in [0.5, 0.6) is 0 Å². The van der Waals surface area contributed by atoms with Crippen molar-refractivity contribution >= 4 is 17.3 Å². The quantitative estimate of drug-likeness (QED) is 0.623. The monoisotopic (exact) mass is 300 g/mol. The Labute approximate surface area is 127 Å². The van der Waals surface area contributed by atoms with Crippen molar-refractivity contribution in [2.24, 2.45) is 5.92 Å². The molecule has 1 saturated carbocycles. The highest BCUT2D eigenvalue weighted by atomic mass is 16.6. The van der Waals surface area contributed by atoms with Gasteiger partial charge in [0, 0.05) is 44.2 Å². The predicted molar refractivity (Wildman–Crippen MR) is 79.3 cm³/mol. The molecule has 0 aromatic heterocycles. The molecule has 1 aliphatic heterocycles. The summed E-state index contributed by atoms with van der Waals surface area (Å²) in [6, 6.07) is 6.36. The topological polar surface area (TPSA) is 90.5 Å². The molecule has 114 valence electrons. The number of hydrogen-bond donors (Lipinski definition) is 0. The van der Waals surface area contributed by atoms with Crippen LogP contribution in [-0.4, -0.2) is 41.9 Å². The first-order valence-corrected chi connectivity index (χ1v) is 7.32. The molecule has 3 rings (SSSR count). The number of nitrogens with zero attached hydrogens (tertiary/aromatic N) is 4. The molecule has 1 aromatic carbocycles. The van der Waals surface area contributed by atoms with E-state index in [2.05, 4.69) is 0 Å². The maximum atomic E-state index is 12.0. The first-order chi connectivity index (χ1) is 10.6. The fraction of sp³-hybridized carbons (Fsp3) is 0.467. The number of amides is 1. The van der Waals surface area contributed by atoms with Crippen LogP contribution in [0.3, 0.4) is 0 Å². The van der Waals surface area contributed by atoms with Gasteiger partial charge in [0.1, 0.15) is 6.07 Å². The molecule has 0 unspecified atom stereocenters. The van der Waals surface area contributed by atoms with Crippen molar-refractivity contribution in [2.75, 3.05) is 31.1 Å². The lowest BCUT2D eigenvalue weighted by Gasteiger charge is -2.36. The zero-order chi connectivity index (χ0) is 15.7. The molecule has 2 aliphatic rings. The van der Waals surface area contributed by atoms with Crippen LogP contribution in [0, 0.1) is 27.4 Å². The lowest BCUT2D eigenvalue weighted by atomic mass is 10.1. The van der Waals surface area contributed by atoms with Gasteiger partial charge < -0.3 is 9.80 Å². The molecule has 0 N–H and O–H groups in total. The zero-order valence-corrected chi connectivity index (χ0v) is 12.1. The Morgan fingerprint density at radius 1 is 1.27 bits per heavy atom. The molecular weight excluding hydrogens is 284 g/mol. The third kappa shape index (κ3) is 2.72. The average molecular weight is 300 g/mol. The number of non-ortho nitro benzene ring substituents is 1. The number of piperazine rings is 1. The molecule has 22 heavy (non-hydrogen) atoms. The lowest BCUT2D eigenvalue weighted by molar-refractivity contribution is -0.384. The summed E-state index contributed by atoms with van der Waals surface area (Å²) < 4.78 is 0. The van der Waals surface area contributed by atoms with Gasteiger partial charge in [-0.1, -0.05) is 0 Å². The van der Waals surface area contributed by atoms with Gasteiger partial charge in [0.05, 0.1) is 16.2 Å². The molecule has 1 aromatic rings. The van der Waals surface area contributed by atoms with E-state index in [4.69, 9.17) is 0 Å². The molecule has 0 spiro atoms. The number of nitriles is 1. The third-order valence-corrected chi connectivity index (χ3v) is 4.17. The van der Waals surface area contributed by atoms with Crippen molar-refractivity contribution in [1.29, 1.82) is 5.26 Å². The van der Waals surface area contributed by atoms with E-state index in [-0.39, 0.29) is 17.5 Å². The summed E-state index contributed by atoms with van der Waals surface area (Å²) in [4.78, 5) is 26.2. The van der Waals surface area contributed by atoms with Gasteiger partial charge >= 0.3 is 0 Å². The highest BCUT2D eigenvalue weighted by molar-refractivity contribution is 5.81. The minimum atomic E-state index is -0.503. The fourth-order valence-corrected chi connectivity index (χ4v) is 2.76. The number of carbonyl (C=O) groups excluding carboxylic acids is 1. The Morgan fingerprint density at radius 2 is 1.95 bits per heavy atom. The minimum absolute atomic E-state index is 0.0807. The summed E-state index contributed by atoms with van der Waals surface area (Å²) in [5.74, 6) is 0.462. The van der Waals surface area contributed by atoms with Gasteiger partial charge in [-0.05, 0) is 18.9 Å². The summed E-state index contributed by atoms with van der Waals surface area (Å²) in [6.07, 6.45) is 2.00. The van der Waals surface area contributed by atoms with Crippen molar-refractivity contribution < 1.29 is 9.72 Å². The van der Waals surface area contributed by atoms with E-state index >= 15 is 0 Å². The summed E-state index contributed by atoms with van der Waals surface area (Å²) in [5.41, 5.74) is 0.922. The highest BCUT2D eigenvalue weighted by Crippen LogP contribution is 2.32. The Hall–Kier alpha value is -2.62. The van der Waals surface area contributed by atoms with Crippen LogP contribution in [0.4, 0.5) is 11.4 Å². The normalized spacial score (nSPS) is 18.0. The number of nitro benzene ring substituents is 1. The minimum Gasteiger partial charge on any atom is -0.367 e. The van der Waals surface area contributed by atoms with Gasteiger partial charge in [-0.15, -0.1) is 0 Å². The number of rotatable bonds is 3. The first kappa shape index (κ1) is 14.3. The van der Waals surface area contributed by atoms with Gasteiger partial charge in [0.15, 0.2) is 0 Å². The lowest BCUT2D eigenvalue weighted by Crippen LogP contribution is -2.49.